The fraction of sp³-hybridized carbons (Fsp3) is 0.318. The van der Waals surface area contributed by atoms with Gasteiger partial charge in [-0.15, -0.1) is 0 Å². The molecule has 2 amide bonds. The first kappa shape index (κ1) is 20.4. The molecule has 2 aromatic rings. The number of benzene rings is 2. The van der Waals surface area contributed by atoms with Crippen molar-refractivity contribution in [3.8, 4) is 5.75 Å². The number of amides is 2. The number of anilines is 2. The molecule has 7 nitrogen and oxygen atoms in total. The predicted molar refractivity (Wildman–Crippen MR) is 109 cm³/mol. The maximum atomic E-state index is 12.5. The highest BCUT2D eigenvalue weighted by Crippen LogP contribution is 2.34. The summed E-state index contributed by atoms with van der Waals surface area (Å²) < 4.78 is 10.5. The van der Waals surface area contributed by atoms with Gasteiger partial charge >= 0.3 is 5.97 Å². The van der Waals surface area contributed by atoms with Gasteiger partial charge in [0.1, 0.15) is 5.75 Å². The Balaban J connectivity index is 1.59. The molecule has 152 valence electrons. The second-order valence-electron chi connectivity index (χ2n) is 7.05. The fourth-order valence-electron chi connectivity index (χ4n) is 3.26. The summed E-state index contributed by atoms with van der Waals surface area (Å²) in [4.78, 5) is 38.5. The SMILES string of the molecule is COc1ccc(C)cc1N1C[C@@H](C(=O)OCC(=O)Nc2ccccc2C)CC1=O. The molecule has 0 radical (unpaired) electrons. The maximum absolute atomic E-state index is 12.5. The molecule has 0 spiro atoms. The van der Waals surface area contributed by atoms with Crippen LogP contribution in [0.15, 0.2) is 42.5 Å². The molecule has 1 saturated heterocycles. The van der Waals surface area contributed by atoms with Crippen LogP contribution in [0.2, 0.25) is 0 Å². The zero-order chi connectivity index (χ0) is 21.0. The number of hydrogen-bond acceptors (Lipinski definition) is 5. The number of nitrogens with zero attached hydrogens (tertiary/aromatic N) is 1. The van der Waals surface area contributed by atoms with Gasteiger partial charge in [0.25, 0.3) is 5.91 Å². The Morgan fingerprint density at radius 3 is 2.66 bits per heavy atom. The van der Waals surface area contributed by atoms with Gasteiger partial charge in [0.15, 0.2) is 6.61 Å². The van der Waals surface area contributed by atoms with Gasteiger partial charge in [-0.1, -0.05) is 24.3 Å². The molecule has 7 heteroatoms. The zero-order valence-corrected chi connectivity index (χ0v) is 16.7. The van der Waals surface area contributed by atoms with Gasteiger partial charge in [-0.25, -0.2) is 0 Å². The lowest BCUT2D eigenvalue weighted by Gasteiger charge is -2.20. The van der Waals surface area contributed by atoms with E-state index in [4.69, 9.17) is 9.47 Å². The third-order valence-electron chi connectivity index (χ3n) is 4.85. The summed E-state index contributed by atoms with van der Waals surface area (Å²) in [5.41, 5.74) is 3.19. The first-order valence-corrected chi connectivity index (χ1v) is 9.36. The summed E-state index contributed by atoms with van der Waals surface area (Å²) in [5.74, 6) is -1.23. The van der Waals surface area contributed by atoms with Crippen molar-refractivity contribution < 1.29 is 23.9 Å². The van der Waals surface area contributed by atoms with Crippen molar-refractivity contribution in [3.05, 3.63) is 53.6 Å². The quantitative estimate of drug-likeness (QED) is 0.759. The minimum Gasteiger partial charge on any atom is -0.495 e. The van der Waals surface area contributed by atoms with E-state index in [1.165, 1.54) is 12.0 Å². The second-order valence-corrected chi connectivity index (χ2v) is 7.05. The van der Waals surface area contributed by atoms with Crippen LogP contribution in [0.4, 0.5) is 11.4 Å². The molecule has 2 aromatic carbocycles. The number of nitrogens with one attached hydrogen (secondary N) is 1. The minimum atomic E-state index is -0.626. The Labute approximate surface area is 169 Å². The standard InChI is InChI=1S/C22H24N2O5/c1-14-8-9-19(28-3)18(10-14)24-12-16(11-21(24)26)22(27)29-13-20(25)23-17-7-5-4-6-15(17)2/h4-10,16H,11-13H2,1-3H3,(H,23,25)/t16-/m0/s1. The Bertz CT molecular complexity index is 941. The van der Waals surface area contributed by atoms with Gasteiger partial charge in [-0.05, 0) is 43.2 Å². The lowest BCUT2D eigenvalue weighted by Crippen LogP contribution is -2.28. The highest BCUT2D eigenvalue weighted by molar-refractivity contribution is 6.01. The summed E-state index contributed by atoms with van der Waals surface area (Å²) in [6, 6.07) is 12.9. The van der Waals surface area contributed by atoms with E-state index in [0.717, 1.165) is 11.1 Å². The molecule has 1 fully saturated rings. The Morgan fingerprint density at radius 2 is 1.93 bits per heavy atom. The highest BCUT2D eigenvalue weighted by Gasteiger charge is 2.37. The molecular formula is C22H24N2O5. The van der Waals surface area contributed by atoms with Crippen molar-refractivity contribution in [2.45, 2.75) is 20.3 Å². The average Bonchev–Trinajstić information content (AvgIpc) is 3.09. The first-order chi connectivity index (χ1) is 13.9. The van der Waals surface area contributed by atoms with Gasteiger partial charge in [-0.3, -0.25) is 14.4 Å². The molecule has 1 atom stereocenters. The average molecular weight is 396 g/mol. The number of methoxy groups -OCH3 is 1. The molecule has 3 rings (SSSR count). The van der Waals surface area contributed by atoms with E-state index >= 15 is 0 Å². The summed E-state index contributed by atoms with van der Waals surface area (Å²) in [7, 11) is 1.54. The number of carbonyl (C=O) groups excluding carboxylic acids is 3. The van der Waals surface area contributed by atoms with Crippen LogP contribution >= 0.6 is 0 Å². The minimum absolute atomic E-state index is 0.0370. The molecule has 1 aliphatic rings. The van der Waals surface area contributed by atoms with Crippen molar-refractivity contribution in [2.75, 3.05) is 30.5 Å². The molecule has 0 unspecified atom stereocenters. The number of hydrogen-bond donors (Lipinski definition) is 1. The van der Waals surface area contributed by atoms with Crippen LogP contribution in [-0.2, 0) is 19.1 Å². The largest absolute Gasteiger partial charge is 0.495 e. The summed E-state index contributed by atoms with van der Waals surface area (Å²) in [6.07, 6.45) is 0.0370. The van der Waals surface area contributed by atoms with Crippen LogP contribution in [0.5, 0.6) is 5.75 Å². The van der Waals surface area contributed by atoms with Gasteiger partial charge in [-0.2, -0.15) is 0 Å². The van der Waals surface area contributed by atoms with Crippen LogP contribution in [0.1, 0.15) is 17.5 Å². The van der Waals surface area contributed by atoms with Crippen LogP contribution in [0.3, 0.4) is 0 Å². The van der Waals surface area contributed by atoms with Crippen LogP contribution in [0, 0.1) is 19.8 Å². The molecule has 1 aliphatic heterocycles. The molecule has 0 aromatic heterocycles. The van der Waals surface area contributed by atoms with Gasteiger partial charge in [0.05, 0.1) is 18.7 Å². The normalized spacial score (nSPS) is 15.9. The van der Waals surface area contributed by atoms with Crippen molar-refractivity contribution in [2.24, 2.45) is 5.92 Å². The molecule has 1 N–H and O–H groups in total. The van der Waals surface area contributed by atoms with Crippen molar-refractivity contribution in [1.82, 2.24) is 0 Å². The van der Waals surface area contributed by atoms with Gasteiger partial charge < -0.3 is 19.7 Å². The van der Waals surface area contributed by atoms with Gasteiger partial charge in [0, 0.05) is 18.7 Å². The molecule has 0 aliphatic carbocycles. The molecule has 1 heterocycles. The number of carbonyl (C=O) groups is 3. The summed E-state index contributed by atoms with van der Waals surface area (Å²) in [6.45, 7) is 3.59. The van der Waals surface area contributed by atoms with E-state index < -0.39 is 24.4 Å². The van der Waals surface area contributed by atoms with E-state index in [-0.39, 0.29) is 18.9 Å². The van der Waals surface area contributed by atoms with Crippen molar-refractivity contribution in [3.63, 3.8) is 0 Å². The summed E-state index contributed by atoms with van der Waals surface area (Å²) in [5, 5.41) is 2.71. The number of ether oxygens (including phenoxy) is 2. The lowest BCUT2D eigenvalue weighted by molar-refractivity contribution is -0.151. The molecule has 29 heavy (non-hydrogen) atoms. The monoisotopic (exact) mass is 396 g/mol. The smallest absolute Gasteiger partial charge is 0.311 e. The lowest BCUT2D eigenvalue weighted by atomic mass is 10.1. The van der Waals surface area contributed by atoms with Crippen LogP contribution in [0.25, 0.3) is 0 Å². The van der Waals surface area contributed by atoms with Crippen LogP contribution < -0.4 is 15.0 Å². The molecule has 0 bridgehead atoms. The van der Waals surface area contributed by atoms with E-state index in [2.05, 4.69) is 5.32 Å². The van der Waals surface area contributed by atoms with E-state index in [0.29, 0.717) is 17.1 Å². The number of rotatable bonds is 6. The molecular weight excluding hydrogens is 372 g/mol. The maximum Gasteiger partial charge on any atom is 0.311 e. The Morgan fingerprint density at radius 1 is 1.17 bits per heavy atom. The van der Waals surface area contributed by atoms with E-state index in [1.54, 1.807) is 12.1 Å². The Hall–Kier alpha value is -3.35. The third-order valence-corrected chi connectivity index (χ3v) is 4.85. The van der Waals surface area contributed by atoms with Crippen molar-refractivity contribution in [1.29, 1.82) is 0 Å². The Kier molecular flexibility index (Phi) is 6.16. The second kappa shape index (κ2) is 8.77. The first-order valence-electron chi connectivity index (χ1n) is 9.36. The summed E-state index contributed by atoms with van der Waals surface area (Å²) >= 11 is 0. The van der Waals surface area contributed by atoms with E-state index in [9.17, 15) is 14.4 Å². The van der Waals surface area contributed by atoms with E-state index in [1.807, 2.05) is 44.2 Å². The van der Waals surface area contributed by atoms with Crippen LogP contribution in [-0.4, -0.2) is 38.0 Å². The third kappa shape index (κ3) is 4.74. The van der Waals surface area contributed by atoms with Crippen molar-refractivity contribution >= 4 is 29.2 Å². The topological polar surface area (TPSA) is 84.9 Å². The fourth-order valence-corrected chi connectivity index (χ4v) is 3.26. The highest BCUT2D eigenvalue weighted by atomic mass is 16.5. The number of esters is 1. The van der Waals surface area contributed by atoms with Gasteiger partial charge in [0.2, 0.25) is 5.91 Å². The number of para-hydroxylation sites is 1. The predicted octanol–water partition coefficient (Wildman–Crippen LogP) is 2.85. The molecule has 0 saturated carbocycles. The number of aryl methyl sites for hydroxylation is 2. The zero-order valence-electron chi connectivity index (χ0n) is 16.7.